The van der Waals surface area contributed by atoms with Gasteiger partial charge in [0.2, 0.25) is 0 Å². The monoisotopic (exact) mass is 246 g/mol. The van der Waals surface area contributed by atoms with Crippen molar-refractivity contribution in [1.29, 1.82) is 0 Å². The van der Waals surface area contributed by atoms with E-state index in [2.05, 4.69) is 0 Å². The Labute approximate surface area is 96.5 Å². The molecule has 1 rings (SSSR count). The van der Waals surface area contributed by atoms with Gasteiger partial charge in [0.25, 0.3) is 0 Å². The first-order valence-electron chi connectivity index (χ1n) is 4.92. The summed E-state index contributed by atoms with van der Waals surface area (Å²) in [6.45, 7) is 1.88. The van der Waals surface area contributed by atoms with Crippen molar-refractivity contribution in [3.8, 4) is 5.75 Å². The molecule has 0 aliphatic rings. The summed E-state index contributed by atoms with van der Waals surface area (Å²) in [4.78, 5) is 10.4. The summed E-state index contributed by atoms with van der Waals surface area (Å²) in [5.41, 5.74) is -0.248. The molecule has 4 nitrogen and oxygen atoms in total. The second-order valence-corrected chi connectivity index (χ2v) is 3.30. The molecule has 1 unspecified atom stereocenters. The number of rotatable bonds is 5. The third-order valence-electron chi connectivity index (χ3n) is 2.14. The van der Waals surface area contributed by atoms with Crippen molar-refractivity contribution >= 4 is 5.97 Å². The lowest BCUT2D eigenvalue weighted by Crippen LogP contribution is -2.35. The molecule has 0 spiro atoms. The van der Waals surface area contributed by atoms with Gasteiger partial charge in [0.1, 0.15) is 5.75 Å². The number of ether oxygens (including phenoxy) is 1. The lowest BCUT2D eigenvalue weighted by atomic mass is 10.0. The summed E-state index contributed by atoms with van der Waals surface area (Å²) in [6.07, 6.45) is -2.44. The Morgan fingerprint density at radius 3 is 2.59 bits per heavy atom. The van der Waals surface area contributed by atoms with Crippen molar-refractivity contribution in [2.45, 2.75) is 19.0 Å². The lowest BCUT2D eigenvalue weighted by Gasteiger charge is -2.20. The maximum Gasteiger partial charge on any atom is 0.377 e. The molecule has 0 amide bonds. The fraction of sp³-hybridized carbons (Fsp3) is 0.364. The van der Waals surface area contributed by atoms with Gasteiger partial charge in [-0.1, -0.05) is 18.2 Å². The van der Waals surface area contributed by atoms with Crippen molar-refractivity contribution < 1.29 is 28.5 Å². The molecule has 0 saturated carbocycles. The quantitative estimate of drug-likeness (QED) is 0.831. The first kappa shape index (κ1) is 13.4. The molecule has 94 valence electrons. The zero-order valence-electron chi connectivity index (χ0n) is 9.06. The Morgan fingerprint density at radius 2 is 2.06 bits per heavy atom. The van der Waals surface area contributed by atoms with E-state index in [1.165, 1.54) is 18.2 Å². The molecule has 0 saturated heterocycles. The fourth-order valence-electron chi connectivity index (χ4n) is 1.31. The summed E-state index contributed by atoms with van der Waals surface area (Å²) >= 11 is 0. The number of aliphatic hydroxyl groups excluding tert-OH is 1. The van der Waals surface area contributed by atoms with Crippen LogP contribution in [0.5, 0.6) is 5.75 Å². The maximum absolute atomic E-state index is 13.1. The second kappa shape index (κ2) is 5.09. The molecule has 0 radical (unpaired) electrons. The van der Waals surface area contributed by atoms with E-state index in [0.29, 0.717) is 0 Å². The molecule has 2 N–H and O–H groups in total. The zero-order chi connectivity index (χ0) is 13.1. The molecule has 6 heteroatoms. The van der Waals surface area contributed by atoms with Crippen LogP contribution in [-0.2, 0) is 4.79 Å². The average Bonchev–Trinajstić information content (AvgIpc) is 2.29. The summed E-state index contributed by atoms with van der Waals surface area (Å²) < 4.78 is 31.3. The minimum Gasteiger partial charge on any atom is -0.493 e. The van der Waals surface area contributed by atoms with Crippen molar-refractivity contribution in [2.24, 2.45) is 0 Å². The molecule has 0 aromatic heterocycles. The highest BCUT2D eigenvalue weighted by atomic mass is 19.3. The van der Waals surface area contributed by atoms with E-state index in [1.807, 2.05) is 0 Å². The van der Waals surface area contributed by atoms with E-state index < -0.39 is 18.0 Å². The number of carboxylic acids is 1. The van der Waals surface area contributed by atoms with Gasteiger partial charge in [0.15, 0.2) is 6.10 Å². The highest BCUT2D eigenvalue weighted by Gasteiger charge is 2.48. The van der Waals surface area contributed by atoms with E-state index in [0.717, 1.165) is 0 Å². The second-order valence-electron chi connectivity index (χ2n) is 3.30. The number of carboxylic acid groups (broad SMARTS) is 1. The zero-order valence-corrected chi connectivity index (χ0v) is 9.06. The average molecular weight is 246 g/mol. The van der Waals surface area contributed by atoms with Crippen LogP contribution in [0, 0.1) is 0 Å². The molecule has 1 aromatic rings. The van der Waals surface area contributed by atoms with Crippen LogP contribution in [0.4, 0.5) is 8.78 Å². The van der Waals surface area contributed by atoms with Gasteiger partial charge in [-0.15, -0.1) is 0 Å². The van der Waals surface area contributed by atoms with E-state index in [4.69, 9.17) is 9.84 Å². The minimum atomic E-state index is -4.26. The first-order valence-corrected chi connectivity index (χ1v) is 4.92. The van der Waals surface area contributed by atoms with Gasteiger partial charge < -0.3 is 14.9 Å². The number of carbonyl (C=O) groups is 1. The Balaban J connectivity index is 3.11. The topological polar surface area (TPSA) is 66.8 Å². The van der Waals surface area contributed by atoms with E-state index in [1.54, 1.807) is 13.0 Å². The van der Waals surface area contributed by atoms with Crippen LogP contribution in [0.1, 0.15) is 18.6 Å². The normalized spacial score (nSPS) is 13.2. The predicted octanol–water partition coefficient (Wildman–Crippen LogP) is 1.84. The maximum atomic E-state index is 13.1. The molecule has 17 heavy (non-hydrogen) atoms. The third-order valence-corrected chi connectivity index (χ3v) is 2.14. The van der Waals surface area contributed by atoms with E-state index in [9.17, 15) is 18.7 Å². The van der Waals surface area contributed by atoms with Gasteiger partial charge in [-0.05, 0) is 13.0 Å². The lowest BCUT2D eigenvalue weighted by molar-refractivity contribution is -0.183. The molecule has 1 atom stereocenters. The number of para-hydroxylation sites is 1. The van der Waals surface area contributed by atoms with Crippen LogP contribution in [-0.4, -0.2) is 28.7 Å². The molecular formula is C11H12F2O4. The summed E-state index contributed by atoms with van der Waals surface area (Å²) in [5.74, 6) is -6.59. The number of aliphatic carboxylic acids is 1. The number of aliphatic hydroxyl groups is 1. The summed E-state index contributed by atoms with van der Waals surface area (Å²) in [5, 5.41) is 17.8. The summed E-state index contributed by atoms with van der Waals surface area (Å²) in [6, 6.07) is 5.55. The summed E-state index contributed by atoms with van der Waals surface area (Å²) in [7, 11) is 0. The highest BCUT2D eigenvalue weighted by molar-refractivity contribution is 5.76. The molecule has 1 aromatic carbocycles. The number of benzene rings is 1. The molecule has 0 aliphatic carbocycles. The van der Waals surface area contributed by atoms with Crippen molar-refractivity contribution in [2.75, 3.05) is 6.61 Å². The van der Waals surface area contributed by atoms with Crippen LogP contribution in [0.2, 0.25) is 0 Å². The predicted molar refractivity (Wildman–Crippen MR) is 55.2 cm³/mol. The Bertz CT molecular complexity index is 406. The molecule has 0 heterocycles. The van der Waals surface area contributed by atoms with Crippen molar-refractivity contribution in [3.63, 3.8) is 0 Å². The first-order chi connectivity index (χ1) is 7.91. The van der Waals surface area contributed by atoms with Crippen LogP contribution in [0.15, 0.2) is 24.3 Å². The van der Waals surface area contributed by atoms with Gasteiger partial charge in [0, 0.05) is 5.56 Å². The van der Waals surface area contributed by atoms with Crippen molar-refractivity contribution in [3.05, 3.63) is 29.8 Å². The van der Waals surface area contributed by atoms with Gasteiger partial charge in [-0.2, -0.15) is 8.78 Å². The SMILES string of the molecule is CCOc1ccccc1C(O)C(F)(F)C(=O)O. The van der Waals surface area contributed by atoms with Crippen LogP contribution < -0.4 is 4.74 Å². The molecule has 0 aliphatic heterocycles. The number of hydrogen-bond acceptors (Lipinski definition) is 3. The smallest absolute Gasteiger partial charge is 0.377 e. The number of halogens is 2. The van der Waals surface area contributed by atoms with Crippen LogP contribution in [0.3, 0.4) is 0 Å². The van der Waals surface area contributed by atoms with E-state index in [-0.39, 0.29) is 17.9 Å². The standard InChI is InChI=1S/C11H12F2O4/c1-2-17-8-6-4-3-5-7(8)9(14)11(12,13)10(15)16/h3-6,9,14H,2H2,1H3,(H,15,16). The van der Waals surface area contributed by atoms with Gasteiger partial charge in [0.05, 0.1) is 6.61 Å². The Kier molecular flexibility index (Phi) is 4.01. The van der Waals surface area contributed by atoms with E-state index >= 15 is 0 Å². The number of alkyl halides is 2. The third kappa shape index (κ3) is 2.71. The fourth-order valence-corrected chi connectivity index (χ4v) is 1.31. The van der Waals surface area contributed by atoms with Gasteiger partial charge >= 0.3 is 11.9 Å². The largest absolute Gasteiger partial charge is 0.493 e. The van der Waals surface area contributed by atoms with Gasteiger partial charge in [-0.3, -0.25) is 0 Å². The number of hydrogen-bond donors (Lipinski definition) is 2. The highest BCUT2D eigenvalue weighted by Crippen LogP contribution is 2.36. The van der Waals surface area contributed by atoms with Gasteiger partial charge in [-0.25, -0.2) is 4.79 Å². The van der Waals surface area contributed by atoms with Crippen LogP contribution in [0.25, 0.3) is 0 Å². The molecular weight excluding hydrogens is 234 g/mol. The van der Waals surface area contributed by atoms with Crippen LogP contribution >= 0.6 is 0 Å². The minimum absolute atomic E-state index is 0.0448. The molecule has 0 fully saturated rings. The Morgan fingerprint density at radius 1 is 1.47 bits per heavy atom. The Hall–Kier alpha value is -1.69. The molecule has 0 bridgehead atoms. The van der Waals surface area contributed by atoms with Crippen molar-refractivity contribution in [1.82, 2.24) is 0 Å².